The van der Waals surface area contributed by atoms with Crippen molar-refractivity contribution in [2.75, 3.05) is 13.1 Å². The molecule has 2 aliphatic heterocycles. The van der Waals surface area contributed by atoms with E-state index in [1.54, 1.807) is 18.2 Å². The smallest absolute Gasteiger partial charge is 0.315 e. The van der Waals surface area contributed by atoms with Crippen molar-refractivity contribution in [3.63, 3.8) is 0 Å². The van der Waals surface area contributed by atoms with E-state index in [4.69, 9.17) is 4.74 Å². The Hall–Kier alpha value is -4.68. The van der Waals surface area contributed by atoms with Gasteiger partial charge in [0.15, 0.2) is 11.5 Å². The summed E-state index contributed by atoms with van der Waals surface area (Å²) in [5, 5.41) is 12.8. The molecule has 1 aromatic carbocycles. The van der Waals surface area contributed by atoms with Crippen molar-refractivity contribution >= 4 is 35.2 Å². The lowest BCUT2D eigenvalue weighted by Crippen LogP contribution is -3.12. The molecule has 6 fully saturated rings. The molecule has 3 amide bonds. The molecule has 8 aliphatic rings. The minimum atomic E-state index is -0.740. The summed E-state index contributed by atoms with van der Waals surface area (Å²) in [6.07, 6.45) is 1.14. The average Bonchev–Trinajstić information content (AvgIpc) is 3.71. The predicted octanol–water partition coefficient (Wildman–Crippen LogP) is 0.256. The van der Waals surface area contributed by atoms with Crippen molar-refractivity contribution in [2.24, 2.45) is 51.3 Å². The fourth-order valence-electron chi connectivity index (χ4n) is 10.3. The number of esters is 1. The van der Waals surface area contributed by atoms with Gasteiger partial charge in [-0.05, 0) is 58.6 Å². The maximum Gasteiger partial charge on any atom is 0.315 e. The van der Waals surface area contributed by atoms with Crippen molar-refractivity contribution in [1.29, 1.82) is 0 Å². The minimum Gasteiger partial charge on any atom is -0.426 e. The highest BCUT2D eigenvalue weighted by molar-refractivity contribution is 6.10. The van der Waals surface area contributed by atoms with Crippen molar-refractivity contribution in [1.82, 2.24) is 30.5 Å². The Morgan fingerprint density at radius 2 is 1.86 bits per heavy atom. The first kappa shape index (κ1) is 22.9. The lowest BCUT2D eigenvalue weighted by atomic mass is 8.92. The zero-order chi connectivity index (χ0) is 28.3. The SMILES string of the molecule is O=C1CN=C(C23C4C5C2C2C3C4C52CNC(=O)c2cc(C(=O)NCc3ccc4c(c3)CC(=O)O4)nc3c(F)cnn23)N1. The van der Waals surface area contributed by atoms with Crippen LogP contribution in [0.25, 0.3) is 5.65 Å². The van der Waals surface area contributed by atoms with Crippen LogP contribution >= 0.6 is 0 Å². The van der Waals surface area contributed by atoms with E-state index in [2.05, 4.69) is 31.0 Å². The number of ether oxygens (including phenoxy) is 1. The molecule has 0 saturated heterocycles. The number of hydrogen-bond donors (Lipinski definition) is 3. The van der Waals surface area contributed by atoms with Crippen molar-refractivity contribution in [2.45, 2.75) is 13.0 Å². The second-order valence-electron chi connectivity index (χ2n) is 12.6. The third kappa shape index (κ3) is 2.27. The summed E-state index contributed by atoms with van der Waals surface area (Å²) in [4.78, 5) is 58.4. The van der Waals surface area contributed by atoms with Gasteiger partial charge >= 0.3 is 5.97 Å². The van der Waals surface area contributed by atoms with Gasteiger partial charge < -0.3 is 20.7 Å². The van der Waals surface area contributed by atoms with E-state index in [9.17, 15) is 23.6 Å². The van der Waals surface area contributed by atoms with Crippen LogP contribution in [-0.2, 0) is 22.6 Å². The molecule has 210 valence electrons. The Labute approximate surface area is 236 Å². The summed E-state index contributed by atoms with van der Waals surface area (Å²) in [6, 6.07) is 6.54. The Kier molecular flexibility index (Phi) is 3.84. The van der Waals surface area contributed by atoms with Gasteiger partial charge in [-0.25, -0.2) is 13.9 Å². The minimum absolute atomic E-state index is 0.0246. The number of rotatable bonds is 7. The number of hydrogen-bond acceptors (Lipinski definition) is 8. The summed E-state index contributed by atoms with van der Waals surface area (Å²) in [5.41, 5.74) is 1.41. The highest BCUT2D eigenvalue weighted by atomic mass is 19.1. The molecule has 42 heavy (non-hydrogen) atoms. The van der Waals surface area contributed by atoms with Crippen LogP contribution in [0.15, 0.2) is 35.5 Å². The molecular weight excluding hydrogens is 545 g/mol. The number of carbonyl (C=O) groups is 4. The van der Waals surface area contributed by atoms with Gasteiger partial charge in [0.1, 0.15) is 29.5 Å². The van der Waals surface area contributed by atoms with E-state index >= 15 is 0 Å². The van der Waals surface area contributed by atoms with E-state index in [1.807, 2.05) is 0 Å². The number of aliphatic imine (C=N–C) groups is 1. The van der Waals surface area contributed by atoms with Gasteiger partial charge in [0.05, 0.1) is 12.6 Å². The topological polar surface area (TPSA) is 156 Å². The first-order chi connectivity index (χ1) is 20.3. The molecule has 6 saturated carbocycles. The molecule has 6 aliphatic carbocycles. The van der Waals surface area contributed by atoms with Crippen LogP contribution in [0.5, 0.6) is 5.75 Å². The highest BCUT2D eigenvalue weighted by Crippen LogP contribution is 3.10. The quantitative estimate of drug-likeness (QED) is 0.273. The van der Waals surface area contributed by atoms with Crippen LogP contribution in [-0.4, -0.2) is 57.2 Å². The zero-order valence-electron chi connectivity index (χ0n) is 21.9. The molecule has 0 bridgehead atoms. The van der Waals surface area contributed by atoms with E-state index in [0.717, 1.165) is 27.7 Å². The van der Waals surface area contributed by atoms with Gasteiger partial charge in [0.2, 0.25) is 5.91 Å². The van der Waals surface area contributed by atoms with E-state index in [1.165, 1.54) is 6.07 Å². The number of nitrogens with one attached hydrogen (secondary N) is 3. The number of benzene rings is 1. The van der Waals surface area contributed by atoms with Gasteiger partial charge in [0, 0.05) is 30.1 Å². The lowest BCUT2D eigenvalue weighted by Gasteiger charge is -3.11. The molecule has 4 heterocycles. The maximum atomic E-state index is 14.6. The summed E-state index contributed by atoms with van der Waals surface area (Å²) in [7, 11) is 0. The summed E-state index contributed by atoms with van der Waals surface area (Å²) < 4.78 is 20.8. The van der Waals surface area contributed by atoms with Crippen LogP contribution in [0.4, 0.5) is 4.39 Å². The Morgan fingerprint density at radius 3 is 2.60 bits per heavy atom. The summed E-state index contributed by atoms with van der Waals surface area (Å²) in [6.45, 7) is 0.888. The third-order valence-corrected chi connectivity index (χ3v) is 11.5. The molecule has 3 aromatic rings. The van der Waals surface area contributed by atoms with Gasteiger partial charge in [-0.2, -0.15) is 5.10 Å². The van der Waals surface area contributed by atoms with E-state index in [-0.39, 0.29) is 59.3 Å². The van der Waals surface area contributed by atoms with Gasteiger partial charge in [0.25, 0.3) is 11.8 Å². The zero-order valence-corrected chi connectivity index (χ0v) is 21.9. The fraction of sp³-hybridized carbons (Fsp3) is 0.414. The normalized spacial score (nSPS) is 36.3. The molecule has 0 atom stereocenters. The van der Waals surface area contributed by atoms with Gasteiger partial charge in [-0.15, -0.1) is 0 Å². The van der Waals surface area contributed by atoms with Crippen LogP contribution < -0.4 is 20.7 Å². The van der Waals surface area contributed by atoms with E-state index < -0.39 is 17.6 Å². The lowest BCUT2D eigenvalue weighted by molar-refractivity contribution is -0.635. The van der Waals surface area contributed by atoms with Crippen LogP contribution in [0, 0.1) is 52.2 Å². The number of fused-ring (bicyclic) bond motifs is 2. The first-order valence-electron chi connectivity index (χ1n) is 14.1. The highest BCUT2D eigenvalue weighted by Gasteiger charge is 3.10. The van der Waals surface area contributed by atoms with Gasteiger partial charge in [-0.1, -0.05) is 6.07 Å². The molecule has 0 radical (unpaired) electrons. The van der Waals surface area contributed by atoms with E-state index in [0.29, 0.717) is 47.8 Å². The third-order valence-electron chi connectivity index (χ3n) is 11.5. The molecule has 13 heteroatoms. The van der Waals surface area contributed by atoms with Crippen molar-refractivity contribution in [3.05, 3.63) is 58.8 Å². The predicted molar refractivity (Wildman–Crippen MR) is 138 cm³/mol. The molecular formula is C29H22FN7O5. The molecule has 3 N–H and O–H groups in total. The van der Waals surface area contributed by atoms with Crippen molar-refractivity contribution in [3.8, 4) is 5.75 Å². The largest absolute Gasteiger partial charge is 0.426 e. The average molecular weight is 568 g/mol. The van der Waals surface area contributed by atoms with Gasteiger partial charge in [-0.3, -0.25) is 24.2 Å². The Bertz CT molecular complexity index is 1860. The second kappa shape index (κ2) is 7.02. The summed E-state index contributed by atoms with van der Waals surface area (Å²) in [5.74, 6) is 2.58. The summed E-state index contributed by atoms with van der Waals surface area (Å²) >= 11 is 0. The molecule has 0 unspecified atom stereocenters. The van der Waals surface area contributed by atoms with Crippen molar-refractivity contribution < 1.29 is 28.3 Å². The number of aromatic nitrogens is 3. The van der Waals surface area contributed by atoms with Crippen LogP contribution in [0.1, 0.15) is 32.1 Å². The fourth-order valence-corrected chi connectivity index (χ4v) is 10.3. The standard InChI is InChI=1S/C29H22FN7O5/c30-12-7-34-37-14(5-13(35-24(12)37)25(40)31-6-10-1-2-15-11(3-10)4-17(39)42-15)26(41)33-9-28-18-21-19(28)23-20(28)22(18)29(21,23)27-32-8-16(38)36-27/h1-3,5,7,18-23H,4,6,8-9H2,(H,31,40)(H,33,41)(H,32,36,38). The number of carbonyl (C=O) groups excluding carboxylic acids is 4. The van der Waals surface area contributed by atoms with Crippen LogP contribution in [0.2, 0.25) is 0 Å². The molecule has 12 nitrogen and oxygen atoms in total. The number of nitrogens with zero attached hydrogens (tertiary/aromatic N) is 4. The maximum absolute atomic E-state index is 14.6. The molecule has 2 aromatic heterocycles. The second-order valence-corrected chi connectivity index (χ2v) is 12.6. The monoisotopic (exact) mass is 567 g/mol. The number of amidine groups is 1. The number of halogens is 1. The first-order valence-corrected chi connectivity index (χ1v) is 14.1. The Morgan fingerprint density at radius 1 is 1.07 bits per heavy atom. The molecule has 11 rings (SSSR count). The number of amides is 3. The molecule has 0 spiro atoms. The Balaban J connectivity index is 0.854. The van der Waals surface area contributed by atoms with Crippen LogP contribution in [0.3, 0.4) is 0 Å².